The molecule has 11 heteroatoms. The van der Waals surface area contributed by atoms with Crippen LogP contribution in [0.25, 0.3) is 0 Å². The largest absolute Gasteiger partial charge is 0.440 e. The van der Waals surface area contributed by atoms with E-state index in [1.54, 1.807) is 32.0 Å². The van der Waals surface area contributed by atoms with E-state index >= 15 is 0 Å². The fourth-order valence-corrected chi connectivity index (χ4v) is 7.54. The molecular weight excluding hydrogens is 596 g/mol. The zero-order chi connectivity index (χ0) is 32.2. The van der Waals surface area contributed by atoms with Gasteiger partial charge in [0, 0.05) is 13.2 Å². The molecule has 3 saturated heterocycles. The summed E-state index contributed by atoms with van der Waals surface area (Å²) in [6.45, 7) is 8.86. The first-order valence-corrected chi connectivity index (χ1v) is 18.8. The molecule has 0 radical (unpaired) electrons. The standard InChI is InChI=1S/C34H56N2O8S/c1-4-5-6-7-8-9-10-11-14-20-25-40-27-34-31(43-33(2,3)44-34)30(29(42-34)26-36-23-18-12-13-19-24-36)41-32(37)35-45(38,39)28-21-16-15-17-22-28/h15-17,21-22,29-31H,4-14,18-20,23-27H2,1-3H3,(H,35,37)/t29-,30+,31-,34-/m0/s1. The number of ether oxygens (including phenoxy) is 5. The monoisotopic (exact) mass is 652 g/mol. The maximum atomic E-state index is 13.1. The molecule has 3 heterocycles. The van der Waals surface area contributed by atoms with Gasteiger partial charge in [-0.2, -0.15) is 0 Å². The second-order valence-electron chi connectivity index (χ2n) is 13.2. The van der Waals surface area contributed by atoms with Gasteiger partial charge in [-0.05, 0) is 58.3 Å². The van der Waals surface area contributed by atoms with Crippen LogP contribution in [-0.4, -0.2) is 82.1 Å². The molecule has 45 heavy (non-hydrogen) atoms. The van der Waals surface area contributed by atoms with Gasteiger partial charge in [0.05, 0.1) is 4.90 Å². The van der Waals surface area contributed by atoms with E-state index < -0.39 is 46.0 Å². The predicted molar refractivity (Wildman–Crippen MR) is 172 cm³/mol. The van der Waals surface area contributed by atoms with E-state index in [-0.39, 0.29) is 11.5 Å². The van der Waals surface area contributed by atoms with E-state index in [0.717, 1.165) is 38.8 Å². The van der Waals surface area contributed by atoms with Crippen LogP contribution in [0.4, 0.5) is 4.79 Å². The summed E-state index contributed by atoms with van der Waals surface area (Å²) >= 11 is 0. The average molecular weight is 653 g/mol. The SMILES string of the molecule is CCCCCCCCCCCCOC[C@@]12O[C@@H](CN3CCCCCC3)[C@@H](OC(=O)NS(=O)(=O)c3ccccc3)[C@@H]1OC(C)(C)O2. The number of fused-ring (bicyclic) bond motifs is 1. The van der Waals surface area contributed by atoms with Gasteiger partial charge in [0.1, 0.15) is 12.7 Å². The molecule has 4 atom stereocenters. The lowest BCUT2D eigenvalue weighted by atomic mass is 10.0. The maximum absolute atomic E-state index is 13.1. The van der Waals surface area contributed by atoms with E-state index in [0.29, 0.717) is 13.2 Å². The van der Waals surface area contributed by atoms with Gasteiger partial charge < -0.3 is 28.6 Å². The van der Waals surface area contributed by atoms with E-state index in [4.69, 9.17) is 23.7 Å². The highest BCUT2D eigenvalue weighted by Gasteiger charge is 2.66. The van der Waals surface area contributed by atoms with Gasteiger partial charge in [0.15, 0.2) is 18.0 Å². The predicted octanol–water partition coefficient (Wildman–Crippen LogP) is 6.53. The smallest absolute Gasteiger partial charge is 0.421 e. The van der Waals surface area contributed by atoms with Crippen molar-refractivity contribution in [2.45, 2.75) is 145 Å². The Bertz CT molecular complexity index is 1130. The highest BCUT2D eigenvalue weighted by atomic mass is 32.2. The van der Waals surface area contributed by atoms with Crippen LogP contribution in [0.1, 0.15) is 111 Å². The minimum atomic E-state index is -4.12. The van der Waals surface area contributed by atoms with Crippen LogP contribution in [0.2, 0.25) is 0 Å². The van der Waals surface area contributed by atoms with Crippen molar-refractivity contribution in [2.75, 3.05) is 32.8 Å². The lowest BCUT2D eigenvalue weighted by Crippen LogP contribution is -2.47. The maximum Gasteiger partial charge on any atom is 0.421 e. The number of hydrogen-bond donors (Lipinski definition) is 1. The van der Waals surface area contributed by atoms with Crippen molar-refractivity contribution in [3.63, 3.8) is 0 Å². The van der Waals surface area contributed by atoms with Crippen molar-refractivity contribution in [3.8, 4) is 0 Å². The molecule has 3 fully saturated rings. The summed E-state index contributed by atoms with van der Waals surface area (Å²) in [6.07, 6.45) is 13.6. The van der Waals surface area contributed by atoms with Gasteiger partial charge in [-0.15, -0.1) is 0 Å². The molecule has 0 unspecified atom stereocenters. The number of nitrogens with one attached hydrogen (secondary N) is 1. The Kier molecular flexibility index (Phi) is 14.0. The fraction of sp³-hybridized carbons (Fsp3) is 0.794. The van der Waals surface area contributed by atoms with Crippen LogP contribution in [-0.2, 0) is 33.7 Å². The number of unbranched alkanes of at least 4 members (excludes halogenated alkanes) is 9. The molecule has 0 aromatic heterocycles. The van der Waals surface area contributed by atoms with Gasteiger partial charge in [0.25, 0.3) is 10.0 Å². The number of carbonyl (C=O) groups is 1. The molecule has 10 nitrogen and oxygen atoms in total. The number of rotatable bonds is 18. The third-order valence-electron chi connectivity index (χ3n) is 8.88. The van der Waals surface area contributed by atoms with Crippen LogP contribution >= 0.6 is 0 Å². The number of likely N-dealkylation sites (tertiary alicyclic amines) is 1. The second kappa shape index (κ2) is 17.4. The first kappa shape index (κ1) is 36.1. The number of sulfonamides is 1. The van der Waals surface area contributed by atoms with E-state index in [9.17, 15) is 13.2 Å². The van der Waals surface area contributed by atoms with Gasteiger partial charge in [-0.25, -0.2) is 17.9 Å². The van der Waals surface area contributed by atoms with E-state index in [1.165, 1.54) is 76.3 Å². The molecule has 0 saturated carbocycles. The Morgan fingerprint density at radius 3 is 2.18 bits per heavy atom. The molecule has 3 aliphatic heterocycles. The normalized spacial score (nSPS) is 26.8. The highest BCUT2D eigenvalue weighted by molar-refractivity contribution is 7.90. The quantitative estimate of drug-likeness (QED) is 0.177. The molecule has 3 aliphatic rings. The summed E-state index contributed by atoms with van der Waals surface area (Å²) in [5.74, 6) is -2.28. The lowest BCUT2D eigenvalue weighted by molar-refractivity contribution is -0.279. The topological polar surface area (TPSA) is 113 Å². The van der Waals surface area contributed by atoms with Crippen molar-refractivity contribution in [2.24, 2.45) is 0 Å². The van der Waals surface area contributed by atoms with Crippen LogP contribution < -0.4 is 4.72 Å². The molecule has 0 aliphatic carbocycles. The fourth-order valence-electron chi connectivity index (χ4n) is 6.64. The first-order valence-electron chi connectivity index (χ1n) is 17.3. The Labute approximate surface area is 270 Å². The van der Waals surface area contributed by atoms with Crippen molar-refractivity contribution in [1.29, 1.82) is 0 Å². The average Bonchev–Trinajstić information content (AvgIpc) is 3.24. The summed E-state index contributed by atoms with van der Waals surface area (Å²) in [6, 6.07) is 7.74. The summed E-state index contributed by atoms with van der Waals surface area (Å²) < 4.78 is 59.1. The Balaban J connectivity index is 1.36. The number of hydrogen-bond acceptors (Lipinski definition) is 9. The van der Waals surface area contributed by atoms with Crippen molar-refractivity contribution in [3.05, 3.63) is 30.3 Å². The van der Waals surface area contributed by atoms with Gasteiger partial charge in [-0.3, -0.25) is 0 Å². The van der Waals surface area contributed by atoms with E-state index in [2.05, 4.69) is 16.5 Å². The minimum absolute atomic E-state index is 0.0259. The molecule has 4 rings (SSSR count). The molecule has 1 aromatic carbocycles. The molecular formula is C34H56N2O8S. The molecule has 1 N–H and O–H groups in total. The number of benzene rings is 1. The number of nitrogens with zero attached hydrogens (tertiary/aromatic N) is 1. The highest BCUT2D eigenvalue weighted by Crippen LogP contribution is 2.47. The third kappa shape index (κ3) is 10.9. The van der Waals surface area contributed by atoms with Crippen molar-refractivity contribution >= 4 is 16.1 Å². The number of amides is 1. The molecule has 1 amide bonds. The number of carbonyl (C=O) groups excluding carboxylic acids is 1. The zero-order valence-corrected chi connectivity index (χ0v) is 28.5. The van der Waals surface area contributed by atoms with E-state index in [1.807, 2.05) is 0 Å². The van der Waals surface area contributed by atoms with Crippen LogP contribution in [0, 0.1) is 0 Å². The molecule has 0 bridgehead atoms. The van der Waals surface area contributed by atoms with Gasteiger partial charge in [-0.1, -0.05) is 95.8 Å². The molecule has 0 spiro atoms. The lowest BCUT2D eigenvalue weighted by Gasteiger charge is -2.31. The summed E-state index contributed by atoms with van der Waals surface area (Å²) in [5.41, 5.74) is 0. The van der Waals surface area contributed by atoms with Crippen molar-refractivity contribution in [1.82, 2.24) is 9.62 Å². The van der Waals surface area contributed by atoms with Crippen LogP contribution in [0.5, 0.6) is 0 Å². The van der Waals surface area contributed by atoms with Crippen LogP contribution in [0.15, 0.2) is 35.2 Å². The summed E-state index contributed by atoms with van der Waals surface area (Å²) in [7, 11) is -4.12. The zero-order valence-electron chi connectivity index (χ0n) is 27.7. The second-order valence-corrected chi connectivity index (χ2v) is 14.9. The Morgan fingerprint density at radius 2 is 1.53 bits per heavy atom. The van der Waals surface area contributed by atoms with Crippen molar-refractivity contribution < 1.29 is 36.9 Å². The summed E-state index contributed by atoms with van der Waals surface area (Å²) in [4.78, 5) is 15.4. The first-order chi connectivity index (χ1) is 21.6. The Morgan fingerprint density at radius 1 is 0.911 bits per heavy atom. The van der Waals surface area contributed by atoms with Crippen LogP contribution in [0.3, 0.4) is 0 Å². The molecule has 256 valence electrons. The Hall–Kier alpha value is -1.76. The third-order valence-corrected chi connectivity index (χ3v) is 10.2. The minimum Gasteiger partial charge on any atom is -0.440 e. The molecule has 1 aromatic rings. The summed E-state index contributed by atoms with van der Waals surface area (Å²) in [5, 5.41) is 0. The van der Waals surface area contributed by atoms with Gasteiger partial charge in [0.2, 0.25) is 5.79 Å². The van der Waals surface area contributed by atoms with Gasteiger partial charge >= 0.3 is 6.09 Å².